The van der Waals surface area contributed by atoms with Crippen LogP contribution in [0.2, 0.25) is 15.1 Å². The van der Waals surface area contributed by atoms with Gasteiger partial charge >= 0.3 is 0 Å². The maximum atomic E-state index is 13.9. The number of nitrogens with one attached hydrogen (secondary N) is 1. The highest BCUT2D eigenvalue weighted by atomic mass is 35.5. The summed E-state index contributed by atoms with van der Waals surface area (Å²) >= 11 is 18.5. The Hall–Kier alpha value is -2.78. The quantitative estimate of drug-likeness (QED) is 0.281. The number of hydrogen-bond acceptors (Lipinski definition) is 4. The van der Waals surface area contributed by atoms with E-state index < -0.39 is 28.5 Å². The third-order valence-corrected chi connectivity index (χ3v) is 8.89. The van der Waals surface area contributed by atoms with Crippen LogP contribution >= 0.6 is 34.8 Å². The summed E-state index contributed by atoms with van der Waals surface area (Å²) < 4.78 is 28.5. The van der Waals surface area contributed by atoms with Crippen molar-refractivity contribution in [3.63, 3.8) is 0 Å². The van der Waals surface area contributed by atoms with Crippen LogP contribution in [0.5, 0.6) is 0 Å². The molecule has 0 spiro atoms. The Morgan fingerprint density at radius 2 is 1.56 bits per heavy atom. The number of amides is 2. The fourth-order valence-electron chi connectivity index (χ4n) is 3.75. The Bertz CT molecular complexity index is 1420. The van der Waals surface area contributed by atoms with Crippen LogP contribution in [0.15, 0.2) is 77.7 Å². The Balaban J connectivity index is 2.04. The zero-order valence-electron chi connectivity index (χ0n) is 21.8. The molecule has 0 saturated heterocycles. The first kappa shape index (κ1) is 30.8. The Kier molecular flexibility index (Phi) is 10.7. The second-order valence-electron chi connectivity index (χ2n) is 9.05. The minimum atomic E-state index is -4.22. The van der Waals surface area contributed by atoms with Crippen molar-refractivity contribution in [2.24, 2.45) is 0 Å². The highest BCUT2D eigenvalue weighted by Gasteiger charge is 2.33. The summed E-state index contributed by atoms with van der Waals surface area (Å²) in [5.74, 6) is -0.959. The molecule has 3 aromatic rings. The molecule has 1 N–H and O–H groups in total. The number of carbonyl (C=O) groups is 2. The maximum Gasteiger partial charge on any atom is 0.264 e. The van der Waals surface area contributed by atoms with Crippen LogP contribution in [-0.2, 0) is 26.2 Å². The van der Waals surface area contributed by atoms with E-state index in [1.54, 1.807) is 49.4 Å². The number of nitrogens with zero attached hydrogens (tertiary/aromatic N) is 2. The number of carbonyl (C=O) groups excluding carboxylic acids is 2. The van der Waals surface area contributed by atoms with E-state index in [1.165, 1.54) is 35.2 Å². The first-order valence-corrected chi connectivity index (χ1v) is 14.9. The van der Waals surface area contributed by atoms with E-state index in [0.717, 1.165) is 4.31 Å². The first-order chi connectivity index (χ1) is 18.4. The summed E-state index contributed by atoms with van der Waals surface area (Å²) in [6.07, 6.45) is 0.707. The van der Waals surface area contributed by atoms with Crippen LogP contribution in [0.3, 0.4) is 0 Å². The maximum absolute atomic E-state index is 13.9. The normalized spacial score (nSPS) is 12.9. The molecular weight excluding hydrogens is 581 g/mol. The second kappa shape index (κ2) is 13.5. The lowest BCUT2D eigenvalue weighted by atomic mass is 10.1. The number of anilines is 1. The predicted octanol–water partition coefficient (Wildman–Crippen LogP) is 6.17. The van der Waals surface area contributed by atoms with Crippen LogP contribution < -0.4 is 9.62 Å². The molecule has 2 atom stereocenters. The van der Waals surface area contributed by atoms with E-state index in [-0.39, 0.29) is 29.1 Å². The first-order valence-electron chi connectivity index (χ1n) is 12.3. The van der Waals surface area contributed by atoms with E-state index in [4.69, 9.17) is 34.8 Å². The number of hydrogen-bond donors (Lipinski definition) is 1. The molecule has 7 nitrogen and oxygen atoms in total. The molecule has 0 aromatic heterocycles. The molecule has 0 aliphatic heterocycles. The van der Waals surface area contributed by atoms with Crippen molar-refractivity contribution in [3.05, 3.63) is 93.4 Å². The van der Waals surface area contributed by atoms with E-state index >= 15 is 0 Å². The predicted molar refractivity (Wildman–Crippen MR) is 157 cm³/mol. The van der Waals surface area contributed by atoms with Crippen molar-refractivity contribution >= 4 is 62.3 Å². The van der Waals surface area contributed by atoms with Gasteiger partial charge in [-0.05, 0) is 74.4 Å². The van der Waals surface area contributed by atoms with Crippen LogP contribution in [0, 0.1) is 0 Å². The molecule has 0 radical (unpaired) electrons. The number of rotatable bonds is 11. The van der Waals surface area contributed by atoms with Gasteiger partial charge in [0.05, 0.1) is 10.6 Å². The second-order valence-corrected chi connectivity index (χ2v) is 12.2. The van der Waals surface area contributed by atoms with Gasteiger partial charge in [0.2, 0.25) is 11.8 Å². The molecule has 0 unspecified atom stereocenters. The largest absolute Gasteiger partial charge is 0.352 e. The summed E-state index contributed by atoms with van der Waals surface area (Å²) in [7, 11) is -4.22. The van der Waals surface area contributed by atoms with E-state index in [0.29, 0.717) is 27.1 Å². The molecule has 11 heteroatoms. The van der Waals surface area contributed by atoms with Gasteiger partial charge < -0.3 is 10.2 Å². The third-order valence-electron chi connectivity index (χ3n) is 6.24. The van der Waals surface area contributed by atoms with Gasteiger partial charge in [-0.1, -0.05) is 66.0 Å². The Morgan fingerprint density at radius 3 is 2.18 bits per heavy atom. The zero-order valence-corrected chi connectivity index (χ0v) is 24.9. The topological polar surface area (TPSA) is 86.8 Å². The zero-order chi connectivity index (χ0) is 28.7. The van der Waals surface area contributed by atoms with E-state index in [1.807, 2.05) is 13.8 Å². The van der Waals surface area contributed by atoms with Crippen molar-refractivity contribution in [1.29, 1.82) is 0 Å². The van der Waals surface area contributed by atoms with Gasteiger partial charge in [-0.2, -0.15) is 0 Å². The summed E-state index contributed by atoms with van der Waals surface area (Å²) in [5, 5.41) is 3.98. The molecule has 0 fully saturated rings. The van der Waals surface area contributed by atoms with Gasteiger partial charge in [-0.3, -0.25) is 13.9 Å². The molecule has 0 aliphatic rings. The fourth-order valence-corrected chi connectivity index (χ4v) is 5.66. The summed E-state index contributed by atoms with van der Waals surface area (Å²) in [5.41, 5.74) is 0.811. The van der Waals surface area contributed by atoms with Crippen molar-refractivity contribution in [3.8, 4) is 0 Å². The summed E-state index contributed by atoms with van der Waals surface area (Å²) in [6.45, 7) is 4.82. The Labute approximate surface area is 244 Å². The number of halogens is 3. The van der Waals surface area contributed by atoms with Crippen molar-refractivity contribution in [2.45, 2.75) is 50.7 Å². The fraction of sp³-hybridized carbons (Fsp3) is 0.286. The lowest BCUT2D eigenvalue weighted by Crippen LogP contribution is -2.52. The summed E-state index contributed by atoms with van der Waals surface area (Å²) in [4.78, 5) is 28.3. The number of benzene rings is 3. The minimum absolute atomic E-state index is 0.00201. The van der Waals surface area contributed by atoms with Gasteiger partial charge in [0.15, 0.2) is 0 Å². The monoisotopic (exact) mass is 609 g/mol. The van der Waals surface area contributed by atoms with Crippen molar-refractivity contribution in [2.75, 3.05) is 10.8 Å². The molecule has 208 valence electrons. The molecular formula is C28H30Cl3N3O4S. The van der Waals surface area contributed by atoms with Gasteiger partial charge in [0, 0.05) is 27.7 Å². The SMILES string of the molecule is CC[C@@H](C)NC(=O)[C@H](C)N(Cc1ccccc1Cl)C(=O)CN(c1cccc(Cl)c1)S(=O)(=O)c1ccc(Cl)cc1. The Morgan fingerprint density at radius 1 is 0.897 bits per heavy atom. The minimum Gasteiger partial charge on any atom is -0.352 e. The lowest BCUT2D eigenvalue weighted by Gasteiger charge is -2.32. The van der Waals surface area contributed by atoms with Gasteiger partial charge in [-0.25, -0.2) is 8.42 Å². The van der Waals surface area contributed by atoms with Crippen molar-refractivity contribution < 1.29 is 18.0 Å². The van der Waals surface area contributed by atoms with Crippen LogP contribution in [0.4, 0.5) is 5.69 Å². The van der Waals surface area contributed by atoms with Gasteiger partial charge in [-0.15, -0.1) is 0 Å². The highest BCUT2D eigenvalue weighted by molar-refractivity contribution is 7.92. The standard InChI is InChI=1S/C28H30Cl3N3O4S/c1-4-19(2)32-28(36)20(3)33(17-21-8-5-6-11-26(21)31)27(35)18-34(24-10-7-9-23(30)16-24)39(37,38)25-14-12-22(29)13-15-25/h5-16,19-20H,4,17-18H2,1-3H3,(H,32,36)/t19-,20+/m1/s1. The molecule has 0 saturated carbocycles. The van der Waals surface area contributed by atoms with Crippen LogP contribution in [-0.4, -0.2) is 43.8 Å². The van der Waals surface area contributed by atoms with Crippen molar-refractivity contribution in [1.82, 2.24) is 10.2 Å². The molecule has 2 amide bonds. The van der Waals surface area contributed by atoms with Gasteiger partial charge in [0.1, 0.15) is 12.6 Å². The lowest BCUT2D eigenvalue weighted by molar-refractivity contribution is -0.139. The average molecular weight is 611 g/mol. The number of sulfonamides is 1. The molecule has 0 aliphatic carbocycles. The smallest absolute Gasteiger partial charge is 0.264 e. The third kappa shape index (κ3) is 7.88. The molecule has 0 heterocycles. The van der Waals surface area contributed by atoms with E-state index in [9.17, 15) is 18.0 Å². The van der Waals surface area contributed by atoms with Crippen LogP contribution in [0.25, 0.3) is 0 Å². The molecule has 3 rings (SSSR count). The molecule has 0 bridgehead atoms. The van der Waals surface area contributed by atoms with Crippen LogP contribution in [0.1, 0.15) is 32.8 Å². The summed E-state index contributed by atoms with van der Waals surface area (Å²) in [6, 6.07) is 17.8. The molecule has 3 aromatic carbocycles. The van der Waals surface area contributed by atoms with Gasteiger partial charge in [0.25, 0.3) is 10.0 Å². The highest BCUT2D eigenvalue weighted by Crippen LogP contribution is 2.28. The van der Waals surface area contributed by atoms with E-state index in [2.05, 4.69) is 5.32 Å². The average Bonchev–Trinajstić information content (AvgIpc) is 2.90. The molecule has 39 heavy (non-hydrogen) atoms.